The minimum atomic E-state index is -4.41. The summed E-state index contributed by atoms with van der Waals surface area (Å²) in [6, 6.07) is 8.45. The molecule has 112 valence electrons. The van der Waals surface area contributed by atoms with Crippen molar-refractivity contribution < 1.29 is 18.3 Å². The van der Waals surface area contributed by atoms with Crippen LogP contribution in [0.2, 0.25) is 0 Å². The number of benzene rings is 1. The Morgan fingerprint density at radius 3 is 2.52 bits per heavy atom. The van der Waals surface area contributed by atoms with Gasteiger partial charge in [0.05, 0.1) is 11.7 Å². The fraction of sp³-hybridized carbons (Fsp3) is 0.312. The molecule has 1 unspecified atom stereocenters. The summed E-state index contributed by atoms with van der Waals surface area (Å²) in [5.41, 5.74) is 1.21. The minimum Gasteiger partial charge on any atom is -0.388 e. The SMILES string of the molecule is CCc1ccc(CC(O)c2cccc(C(F)(F)F)c2)nc1. The molecule has 0 saturated carbocycles. The van der Waals surface area contributed by atoms with Crippen molar-refractivity contribution in [2.75, 3.05) is 0 Å². The highest BCUT2D eigenvalue weighted by Crippen LogP contribution is 2.31. The number of aliphatic hydroxyl groups is 1. The largest absolute Gasteiger partial charge is 0.416 e. The van der Waals surface area contributed by atoms with E-state index in [2.05, 4.69) is 4.98 Å². The number of aromatic nitrogens is 1. The fourth-order valence-corrected chi connectivity index (χ4v) is 2.02. The molecule has 2 aromatic rings. The summed E-state index contributed by atoms with van der Waals surface area (Å²) in [6.45, 7) is 2.01. The summed E-state index contributed by atoms with van der Waals surface area (Å²) in [6.07, 6.45) is -2.65. The first-order valence-electron chi connectivity index (χ1n) is 6.69. The maximum Gasteiger partial charge on any atom is 0.416 e. The van der Waals surface area contributed by atoms with Crippen molar-refractivity contribution in [2.24, 2.45) is 0 Å². The van der Waals surface area contributed by atoms with Gasteiger partial charge in [-0.05, 0) is 35.7 Å². The number of hydrogen-bond donors (Lipinski definition) is 1. The second-order valence-electron chi connectivity index (χ2n) is 4.85. The Hall–Kier alpha value is -1.88. The second-order valence-corrected chi connectivity index (χ2v) is 4.85. The fourth-order valence-electron chi connectivity index (χ4n) is 2.02. The number of aliphatic hydroxyl groups excluding tert-OH is 1. The van der Waals surface area contributed by atoms with Crippen LogP contribution in [0, 0.1) is 0 Å². The van der Waals surface area contributed by atoms with Crippen LogP contribution in [0.1, 0.15) is 35.4 Å². The van der Waals surface area contributed by atoms with Crippen LogP contribution in [0.5, 0.6) is 0 Å². The van der Waals surface area contributed by atoms with E-state index in [0.717, 1.165) is 24.1 Å². The summed E-state index contributed by atoms with van der Waals surface area (Å²) in [7, 11) is 0. The molecule has 5 heteroatoms. The quantitative estimate of drug-likeness (QED) is 0.926. The van der Waals surface area contributed by atoms with E-state index in [1.807, 2.05) is 13.0 Å². The molecule has 0 aliphatic carbocycles. The lowest BCUT2D eigenvalue weighted by atomic mass is 10.0. The van der Waals surface area contributed by atoms with Gasteiger partial charge in [0.25, 0.3) is 0 Å². The standard InChI is InChI=1S/C16H16F3NO/c1-2-11-6-7-14(20-10-11)9-15(21)12-4-3-5-13(8-12)16(17,18)19/h3-8,10,15,21H,2,9H2,1H3. The molecular formula is C16H16F3NO. The van der Waals surface area contributed by atoms with Crippen LogP contribution in [0.4, 0.5) is 13.2 Å². The predicted octanol–water partition coefficient (Wildman–Crippen LogP) is 3.94. The number of rotatable bonds is 4. The van der Waals surface area contributed by atoms with E-state index in [1.165, 1.54) is 12.1 Å². The molecule has 1 atom stereocenters. The molecule has 2 rings (SSSR count). The van der Waals surface area contributed by atoms with Gasteiger partial charge in [-0.2, -0.15) is 13.2 Å². The molecule has 0 saturated heterocycles. The number of alkyl halides is 3. The molecule has 0 bridgehead atoms. The Morgan fingerprint density at radius 2 is 1.95 bits per heavy atom. The highest BCUT2D eigenvalue weighted by atomic mass is 19.4. The third kappa shape index (κ3) is 4.04. The first kappa shape index (κ1) is 15.5. The molecule has 0 fully saturated rings. The van der Waals surface area contributed by atoms with Gasteiger partial charge in [0.2, 0.25) is 0 Å². The molecule has 21 heavy (non-hydrogen) atoms. The van der Waals surface area contributed by atoms with Gasteiger partial charge in [-0.3, -0.25) is 4.98 Å². The molecule has 1 aromatic carbocycles. The zero-order valence-electron chi connectivity index (χ0n) is 11.6. The maximum absolute atomic E-state index is 12.6. The van der Waals surface area contributed by atoms with E-state index in [-0.39, 0.29) is 12.0 Å². The van der Waals surface area contributed by atoms with Crippen LogP contribution in [0.15, 0.2) is 42.6 Å². The van der Waals surface area contributed by atoms with Gasteiger partial charge >= 0.3 is 6.18 Å². The topological polar surface area (TPSA) is 33.1 Å². The van der Waals surface area contributed by atoms with Crippen LogP contribution in [0.3, 0.4) is 0 Å². The van der Waals surface area contributed by atoms with Crippen LogP contribution in [0.25, 0.3) is 0 Å². The molecule has 0 aliphatic heterocycles. The Bertz CT molecular complexity index is 593. The van der Waals surface area contributed by atoms with Gasteiger partial charge in [0, 0.05) is 18.3 Å². The number of halogens is 3. The van der Waals surface area contributed by atoms with E-state index < -0.39 is 17.8 Å². The normalized spacial score (nSPS) is 13.2. The monoisotopic (exact) mass is 295 g/mol. The summed E-state index contributed by atoms with van der Waals surface area (Å²) < 4.78 is 37.9. The van der Waals surface area contributed by atoms with E-state index in [1.54, 1.807) is 12.3 Å². The number of pyridine rings is 1. The first-order chi connectivity index (χ1) is 9.90. The molecule has 0 amide bonds. The van der Waals surface area contributed by atoms with Gasteiger partial charge < -0.3 is 5.11 Å². The van der Waals surface area contributed by atoms with Crippen LogP contribution in [-0.4, -0.2) is 10.1 Å². The molecule has 0 spiro atoms. The molecule has 1 aromatic heterocycles. The zero-order chi connectivity index (χ0) is 15.5. The van der Waals surface area contributed by atoms with Crippen molar-refractivity contribution in [1.82, 2.24) is 4.98 Å². The van der Waals surface area contributed by atoms with E-state index in [4.69, 9.17) is 0 Å². The Morgan fingerprint density at radius 1 is 1.19 bits per heavy atom. The van der Waals surface area contributed by atoms with Crippen molar-refractivity contribution in [1.29, 1.82) is 0 Å². The zero-order valence-corrected chi connectivity index (χ0v) is 11.6. The third-order valence-corrected chi connectivity index (χ3v) is 3.30. The lowest BCUT2D eigenvalue weighted by Gasteiger charge is -2.13. The minimum absolute atomic E-state index is 0.186. The van der Waals surface area contributed by atoms with Gasteiger partial charge in [0.15, 0.2) is 0 Å². The van der Waals surface area contributed by atoms with E-state index >= 15 is 0 Å². The molecule has 0 aliphatic rings. The number of hydrogen-bond acceptors (Lipinski definition) is 2. The maximum atomic E-state index is 12.6. The van der Waals surface area contributed by atoms with Crippen LogP contribution < -0.4 is 0 Å². The average molecular weight is 295 g/mol. The lowest BCUT2D eigenvalue weighted by Crippen LogP contribution is -2.08. The molecule has 1 N–H and O–H groups in total. The summed E-state index contributed by atoms with van der Waals surface area (Å²) in [5.74, 6) is 0. The Kier molecular flexibility index (Phi) is 4.63. The Balaban J connectivity index is 2.14. The highest BCUT2D eigenvalue weighted by molar-refractivity contribution is 5.28. The number of nitrogens with zero attached hydrogens (tertiary/aromatic N) is 1. The summed E-state index contributed by atoms with van der Waals surface area (Å²) >= 11 is 0. The summed E-state index contributed by atoms with van der Waals surface area (Å²) in [5, 5.41) is 10.1. The molecule has 0 radical (unpaired) electrons. The number of aryl methyl sites for hydroxylation is 1. The summed E-state index contributed by atoms with van der Waals surface area (Å²) in [4.78, 5) is 4.20. The average Bonchev–Trinajstić information content (AvgIpc) is 2.47. The van der Waals surface area contributed by atoms with E-state index in [0.29, 0.717) is 5.69 Å². The Labute approximate surface area is 121 Å². The highest BCUT2D eigenvalue weighted by Gasteiger charge is 2.30. The van der Waals surface area contributed by atoms with Gasteiger partial charge in [-0.15, -0.1) is 0 Å². The predicted molar refractivity (Wildman–Crippen MR) is 73.7 cm³/mol. The van der Waals surface area contributed by atoms with Crippen LogP contribution in [-0.2, 0) is 19.0 Å². The van der Waals surface area contributed by atoms with Gasteiger partial charge in [-0.25, -0.2) is 0 Å². The molecular weight excluding hydrogens is 279 g/mol. The van der Waals surface area contributed by atoms with Gasteiger partial charge in [0.1, 0.15) is 0 Å². The third-order valence-electron chi connectivity index (χ3n) is 3.30. The van der Waals surface area contributed by atoms with Crippen molar-refractivity contribution in [3.05, 3.63) is 65.0 Å². The van der Waals surface area contributed by atoms with Crippen LogP contribution >= 0.6 is 0 Å². The molecule has 2 nitrogen and oxygen atoms in total. The smallest absolute Gasteiger partial charge is 0.388 e. The van der Waals surface area contributed by atoms with Gasteiger partial charge in [-0.1, -0.05) is 25.1 Å². The van der Waals surface area contributed by atoms with Crippen molar-refractivity contribution >= 4 is 0 Å². The van der Waals surface area contributed by atoms with Crippen molar-refractivity contribution in [2.45, 2.75) is 32.0 Å². The molecule has 1 heterocycles. The van der Waals surface area contributed by atoms with E-state index in [9.17, 15) is 18.3 Å². The van der Waals surface area contributed by atoms with Crippen molar-refractivity contribution in [3.63, 3.8) is 0 Å². The lowest BCUT2D eigenvalue weighted by molar-refractivity contribution is -0.137. The second kappa shape index (κ2) is 6.26. The first-order valence-corrected chi connectivity index (χ1v) is 6.69. The van der Waals surface area contributed by atoms with Crippen molar-refractivity contribution in [3.8, 4) is 0 Å².